The Labute approximate surface area is 176 Å². The molecule has 0 aromatic heterocycles. The third-order valence-corrected chi connectivity index (χ3v) is 3.72. The first-order valence-corrected chi connectivity index (χ1v) is 10.3. The van der Waals surface area contributed by atoms with Gasteiger partial charge in [-0.15, -0.1) is 0 Å². The lowest BCUT2D eigenvalue weighted by molar-refractivity contribution is -0.891. The van der Waals surface area contributed by atoms with Crippen LogP contribution >= 0.6 is 0 Å². The number of quaternary nitrogens is 1. The number of hydrogen-bond acceptors (Lipinski definition) is 8. The number of carboxylic acids is 1. The van der Waals surface area contributed by atoms with Crippen LogP contribution in [0, 0.1) is 0 Å². The van der Waals surface area contributed by atoms with Crippen molar-refractivity contribution in [2.75, 3.05) is 107 Å². The van der Waals surface area contributed by atoms with Gasteiger partial charge in [-0.1, -0.05) is 0 Å². The highest BCUT2D eigenvalue weighted by Crippen LogP contribution is 1.96. The first-order chi connectivity index (χ1) is 13.9. The molecule has 0 saturated heterocycles. The normalized spacial score (nSPS) is 11.2. The number of hydrogen-bond donors (Lipinski definition) is 0. The van der Waals surface area contributed by atoms with Gasteiger partial charge in [0, 0.05) is 32.7 Å². The van der Waals surface area contributed by atoms with Gasteiger partial charge >= 0.3 is 0 Å². The van der Waals surface area contributed by atoms with E-state index < -0.39 is 5.97 Å². The Morgan fingerprint density at radius 3 is 1.48 bits per heavy atom. The average Bonchev–Trinajstić information content (AvgIpc) is 2.66. The fourth-order valence-corrected chi connectivity index (χ4v) is 1.86. The number of methoxy groups -OCH3 is 1. The van der Waals surface area contributed by atoms with Gasteiger partial charge in [-0.3, -0.25) is 0 Å². The Kier molecular flexibility index (Phi) is 24.6. The molecule has 0 radical (unpaired) electrons. The number of ether oxygens (including phenoxy) is 6. The van der Waals surface area contributed by atoms with Crippen LogP contribution in [0.15, 0.2) is 0 Å². The van der Waals surface area contributed by atoms with Crippen molar-refractivity contribution < 1.29 is 42.8 Å². The zero-order valence-corrected chi connectivity index (χ0v) is 19.1. The monoisotopic (exact) mass is 425 g/mol. The average molecular weight is 426 g/mol. The van der Waals surface area contributed by atoms with Crippen molar-refractivity contribution in [2.24, 2.45) is 0 Å². The van der Waals surface area contributed by atoms with E-state index in [2.05, 4.69) is 14.1 Å². The van der Waals surface area contributed by atoms with E-state index in [0.717, 1.165) is 44.0 Å². The van der Waals surface area contributed by atoms with E-state index in [1.54, 1.807) is 7.11 Å². The van der Waals surface area contributed by atoms with Crippen LogP contribution in [0.1, 0.15) is 20.3 Å². The van der Waals surface area contributed by atoms with E-state index in [9.17, 15) is 9.90 Å². The highest BCUT2D eigenvalue weighted by atomic mass is 16.6. The highest BCUT2D eigenvalue weighted by molar-refractivity contribution is 5.64. The zero-order valence-electron chi connectivity index (χ0n) is 19.1. The predicted molar refractivity (Wildman–Crippen MR) is 109 cm³/mol. The molecule has 0 amide bonds. The van der Waals surface area contributed by atoms with E-state index in [1.807, 2.05) is 13.8 Å². The third kappa shape index (κ3) is 29.5. The smallest absolute Gasteiger partial charge is 0.102 e. The second-order valence-electron chi connectivity index (χ2n) is 6.73. The zero-order chi connectivity index (χ0) is 22.2. The molecule has 0 N–H and O–H groups in total. The lowest BCUT2D eigenvalue weighted by Gasteiger charge is -2.29. The maximum Gasteiger partial charge on any atom is 0.102 e. The van der Waals surface area contributed by atoms with Crippen molar-refractivity contribution >= 4 is 5.97 Å². The molecule has 9 heteroatoms. The molecule has 9 nitrogen and oxygen atoms in total. The van der Waals surface area contributed by atoms with Crippen molar-refractivity contribution in [1.29, 1.82) is 0 Å². The summed E-state index contributed by atoms with van der Waals surface area (Å²) in [6, 6.07) is 0. The van der Waals surface area contributed by atoms with Crippen molar-refractivity contribution in [3.8, 4) is 0 Å². The molecule has 0 rings (SSSR count). The Morgan fingerprint density at radius 1 is 0.690 bits per heavy atom. The Bertz CT molecular complexity index is 330. The molecule has 29 heavy (non-hydrogen) atoms. The molecule has 0 atom stereocenters. The van der Waals surface area contributed by atoms with Crippen LogP contribution in [-0.4, -0.2) is 117 Å². The molecule has 0 aliphatic carbocycles. The Balaban J connectivity index is 0. The molecule has 0 bridgehead atoms. The standard InChI is InChI=1S/C10H24NO2.C10H20O6/c1-5-12-9-7-11(3,4)8-10-13-6-2;1-13-4-5-15-8-9-16-7-6-14-3-2-10(11)12/h5-10H2,1-4H3;2-9H2,1H3,(H,11,12)/q+1;/p-1. The number of aliphatic carboxylic acids is 1. The Hall–Kier alpha value is -0.810. The van der Waals surface area contributed by atoms with Gasteiger partial charge in [0.2, 0.25) is 0 Å². The summed E-state index contributed by atoms with van der Waals surface area (Å²) in [5, 5.41) is 10.0. The molecule has 0 aliphatic heterocycles. The third-order valence-electron chi connectivity index (χ3n) is 3.72. The van der Waals surface area contributed by atoms with Gasteiger partial charge in [0.25, 0.3) is 0 Å². The van der Waals surface area contributed by atoms with Gasteiger partial charge in [0.1, 0.15) is 13.1 Å². The van der Waals surface area contributed by atoms with E-state index in [1.165, 1.54) is 0 Å². The van der Waals surface area contributed by atoms with E-state index in [0.29, 0.717) is 39.6 Å². The SMILES string of the molecule is CCOCC[N+](C)(C)CCOCC.COCCOCCOCCOCCC(=O)[O-]. The van der Waals surface area contributed by atoms with Gasteiger partial charge in [-0.05, 0) is 13.8 Å². The minimum Gasteiger partial charge on any atom is -0.550 e. The number of carboxylic acid groups (broad SMARTS) is 1. The molecular weight excluding hydrogens is 382 g/mol. The number of likely N-dealkylation sites (N-methyl/N-ethyl adjacent to an activating group) is 1. The molecule has 0 fully saturated rings. The largest absolute Gasteiger partial charge is 0.550 e. The summed E-state index contributed by atoms with van der Waals surface area (Å²) in [4.78, 5) is 10.0. The second-order valence-corrected chi connectivity index (χ2v) is 6.73. The fraction of sp³-hybridized carbons (Fsp3) is 0.950. The summed E-state index contributed by atoms with van der Waals surface area (Å²) in [5.74, 6) is -1.10. The molecular formula is C20H43NO8. The van der Waals surface area contributed by atoms with Gasteiger partial charge in [0.05, 0.1) is 73.6 Å². The quantitative estimate of drug-likeness (QED) is 0.198. The first-order valence-electron chi connectivity index (χ1n) is 10.3. The van der Waals surface area contributed by atoms with Gasteiger partial charge < -0.3 is 42.8 Å². The van der Waals surface area contributed by atoms with Crippen molar-refractivity contribution in [3.05, 3.63) is 0 Å². The summed E-state index contributed by atoms with van der Waals surface area (Å²) in [7, 11) is 6.03. The lowest BCUT2D eigenvalue weighted by Crippen LogP contribution is -2.44. The maximum absolute atomic E-state index is 10.0. The van der Waals surface area contributed by atoms with Crippen LogP contribution in [0.2, 0.25) is 0 Å². The second kappa shape index (κ2) is 23.5. The van der Waals surface area contributed by atoms with Crippen LogP contribution < -0.4 is 5.11 Å². The van der Waals surface area contributed by atoms with Crippen LogP contribution in [-0.2, 0) is 33.2 Å². The summed E-state index contributed by atoms with van der Waals surface area (Å²) < 4.78 is 31.7. The topological polar surface area (TPSA) is 95.5 Å². The van der Waals surface area contributed by atoms with Crippen molar-refractivity contribution in [2.45, 2.75) is 20.3 Å². The van der Waals surface area contributed by atoms with Crippen LogP contribution in [0.25, 0.3) is 0 Å². The van der Waals surface area contributed by atoms with E-state index in [4.69, 9.17) is 28.4 Å². The van der Waals surface area contributed by atoms with E-state index in [-0.39, 0.29) is 13.0 Å². The summed E-state index contributed by atoms with van der Waals surface area (Å²) in [6.07, 6.45) is -0.0832. The molecule has 0 spiro atoms. The first kappa shape index (κ1) is 30.4. The molecule has 0 aliphatic rings. The fourth-order valence-electron chi connectivity index (χ4n) is 1.86. The van der Waals surface area contributed by atoms with Gasteiger partial charge in [0.15, 0.2) is 0 Å². The van der Waals surface area contributed by atoms with Crippen LogP contribution in [0.3, 0.4) is 0 Å². The lowest BCUT2D eigenvalue weighted by atomic mass is 10.4. The van der Waals surface area contributed by atoms with E-state index >= 15 is 0 Å². The van der Waals surface area contributed by atoms with Crippen molar-refractivity contribution in [3.63, 3.8) is 0 Å². The number of nitrogens with zero attached hydrogens (tertiary/aromatic N) is 1. The number of rotatable bonds is 20. The predicted octanol–water partition coefficient (Wildman–Crippen LogP) is -0.0416. The molecule has 0 unspecified atom stereocenters. The Morgan fingerprint density at radius 2 is 1.10 bits per heavy atom. The summed E-state index contributed by atoms with van der Waals surface area (Å²) >= 11 is 0. The van der Waals surface area contributed by atoms with Crippen molar-refractivity contribution in [1.82, 2.24) is 0 Å². The minimum absolute atomic E-state index is 0.0832. The molecule has 0 aromatic carbocycles. The summed E-state index contributed by atoms with van der Waals surface area (Å²) in [5.41, 5.74) is 0. The highest BCUT2D eigenvalue weighted by Gasteiger charge is 2.13. The van der Waals surface area contributed by atoms with Crippen LogP contribution in [0.4, 0.5) is 0 Å². The molecule has 0 aromatic rings. The molecule has 0 saturated carbocycles. The number of carbonyl (C=O) groups excluding carboxylic acids is 1. The maximum atomic E-state index is 10.0. The minimum atomic E-state index is -1.10. The summed E-state index contributed by atoms with van der Waals surface area (Å²) in [6.45, 7) is 12.6. The molecule has 176 valence electrons. The van der Waals surface area contributed by atoms with Crippen LogP contribution in [0.5, 0.6) is 0 Å². The van der Waals surface area contributed by atoms with Gasteiger partial charge in [-0.25, -0.2) is 0 Å². The van der Waals surface area contributed by atoms with Gasteiger partial charge in [-0.2, -0.15) is 0 Å². The number of carbonyl (C=O) groups is 1. The molecule has 0 heterocycles.